The molecule has 1 aromatic rings. The Morgan fingerprint density at radius 2 is 1.81 bits per heavy atom. The van der Waals surface area contributed by atoms with Crippen LogP contribution >= 0.6 is 0 Å². The maximum absolute atomic E-state index is 12.6. The second kappa shape index (κ2) is 10.3. The summed E-state index contributed by atoms with van der Waals surface area (Å²) in [6.45, 7) is 6.88. The fourth-order valence-electron chi connectivity index (χ4n) is 3.53. The Bertz CT molecular complexity index is 598. The number of carbonyl (C=O) groups is 2. The summed E-state index contributed by atoms with van der Waals surface area (Å²) < 4.78 is 5.29. The van der Waals surface area contributed by atoms with Gasteiger partial charge in [0, 0.05) is 18.6 Å². The number of ether oxygens (including phenoxy) is 1. The van der Waals surface area contributed by atoms with E-state index in [-0.39, 0.29) is 36.6 Å². The Hall–Kier alpha value is -2.08. The molecule has 1 aliphatic rings. The van der Waals surface area contributed by atoms with Crippen LogP contribution < -0.4 is 11.1 Å². The number of benzene rings is 1. The highest BCUT2D eigenvalue weighted by Gasteiger charge is 2.31. The van der Waals surface area contributed by atoms with Gasteiger partial charge >= 0.3 is 6.09 Å². The van der Waals surface area contributed by atoms with Gasteiger partial charge in [0.05, 0.1) is 6.04 Å². The van der Waals surface area contributed by atoms with Crippen molar-refractivity contribution in [3.05, 3.63) is 35.9 Å². The SMILES string of the molecule is CCN(C(=O)C(N)C(C)C)C1CCC(NC(=O)OCc2ccccc2)CC1. The average Bonchev–Trinajstić information content (AvgIpc) is 2.68. The largest absolute Gasteiger partial charge is 0.445 e. The number of hydrogen-bond donors (Lipinski definition) is 2. The van der Waals surface area contributed by atoms with Crippen molar-refractivity contribution >= 4 is 12.0 Å². The number of amides is 2. The van der Waals surface area contributed by atoms with E-state index in [2.05, 4.69) is 5.32 Å². The number of likely N-dealkylation sites (N-methyl/N-ethyl adjacent to an activating group) is 1. The number of nitrogens with two attached hydrogens (primary N) is 1. The third-order valence-corrected chi connectivity index (χ3v) is 5.30. The smallest absolute Gasteiger partial charge is 0.407 e. The van der Waals surface area contributed by atoms with Crippen molar-refractivity contribution in [1.82, 2.24) is 10.2 Å². The molecule has 2 amide bonds. The van der Waals surface area contributed by atoms with E-state index < -0.39 is 6.04 Å². The second-order valence-electron chi connectivity index (χ2n) is 7.61. The van der Waals surface area contributed by atoms with E-state index >= 15 is 0 Å². The normalized spacial score (nSPS) is 20.8. The highest BCUT2D eigenvalue weighted by molar-refractivity contribution is 5.82. The van der Waals surface area contributed by atoms with Gasteiger partial charge in [-0.3, -0.25) is 4.79 Å². The van der Waals surface area contributed by atoms with Crippen LogP contribution in [0, 0.1) is 5.92 Å². The Kier molecular flexibility index (Phi) is 8.10. The molecule has 1 unspecified atom stereocenters. The van der Waals surface area contributed by atoms with Gasteiger partial charge in [0.2, 0.25) is 5.91 Å². The molecule has 0 heterocycles. The van der Waals surface area contributed by atoms with Crippen LogP contribution in [-0.4, -0.2) is 41.6 Å². The summed E-state index contributed by atoms with van der Waals surface area (Å²) in [4.78, 5) is 26.5. The van der Waals surface area contributed by atoms with Crippen molar-refractivity contribution < 1.29 is 14.3 Å². The Balaban J connectivity index is 1.77. The summed E-state index contributed by atoms with van der Waals surface area (Å²) in [5.74, 6) is 0.162. The van der Waals surface area contributed by atoms with E-state index in [1.807, 2.05) is 56.0 Å². The molecule has 1 fully saturated rings. The summed E-state index contributed by atoms with van der Waals surface area (Å²) in [7, 11) is 0. The lowest BCUT2D eigenvalue weighted by molar-refractivity contribution is -0.136. The zero-order chi connectivity index (χ0) is 19.8. The first kappa shape index (κ1) is 21.2. The molecule has 3 N–H and O–H groups in total. The van der Waals surface area contributed by atoms with Crippen LogP contribution in [0.25, 0.3) is 0 Å². The molecular weight excluding hydrogens is 342 g/mol. The molecule has 0 aromatic heterocycles. The Morgan fingerprint density at radius 1 is 1.19 bits per heavy atom. The summed E-state index contributed by atoms with van der Waals surface area (Å²) in [6, 6.07) is 9.47. The van der Waals surface area contributed by atoms with Crippen molar-refractivity contribution in [2.75, 3.05) is 6.54 Å². The molecular formula is C21H33N3O3. The number of nitrogens with one attached hydrogen (secondary N) is 1. The van der Waals surface area contributed by atoms with Gasteiger partial charge in [0.15, 0.2) is 0 Å². The first-order valence-electron chi connectivity index (χ1n) is 9.95. The predicted octanol–water partition coefficient (Wildman–Crippen LogP) is 3.06. The van der Waals surface area contributed by atoms with E-state index in [0.717, 1.165) is 31.2 Å². The maximum atomic E-state index is 12.6. The quantitative estimate of drug-likeness (QED) is 0.767. The van der Waals surface area contributed by atoms with Crippen LogP contribution in [0.15, 0.2) is 30.3 Å². The first-order valence-corrected chi connectivity index (χ1v) is 9.95. The van der Waals surface area contributed by atoms with Crippen molar-refractivity contribution in [2.24, 2.45) is 11.7 Å². The molecule has 0 saturated heterocycles. The minimum Gasteiger partial charge on any atom is -0.445 e. The molecule has 0 radical (unpaired) electrons. The molecule has 2 rings (SSSR count). The molecule has 0 spiro atoms. The van der Waals surface area contributed by atoms with Gasteiger partial charge in [0.25, 0.3) is 0 Å². The van der Waals surface area contributed by atoms with E-state index in [1.165, 1.54) is 0 Å². The van der Waals surface area contributed by atoms with Gasteiger partial charge < -0.3 is 20.7 Å². The van der Waals surface area contributed by atoms with Crippen molar-refractivity contribution in [2.45, 2.75) is 71.2 Å². The second-order valence-corrected chi connectivity index (χ2v) is 7.61. The maximum Gasteiger partial charge on any atom is 0.407 e. The molecule has 150 valence electrons. The summed E-state index contributed by atoms with van der Waals surface area (Å²) in [5, 5.41) is 2.95. The van der Waals surface area contributed by atoms with Gasteiger partial charge in [-0.15, -0.1) is 0 Å². The number of hydrogen-bond acceptors (Lipinski definition) is 4. The van der Waals surface area contributed by atoms with E-state index in [0.29, 0.717) is 6.54 Å². The highest BCUT2D eigenvalue weighted by atomic mass is 16.5. The zero-order valence-corrected chi connectivity index (χ0v) is 16.7. The van der Waals surface area contributed by atoms with Crippen LogP contribution in [0.2, 0.25) is 0 Å². The van der Waals surface area contributed by atoms with Crippen LogP contribution in [0.1, 0.15) is 52.0 Å². The molecule has 1 aromatic carbocycles. The van der Waals surface area contributed by atoms with Gasteiger partial charge in [0.1, 0.15) is 6.61 Å². The summed E-state index contributed by atoms with van der Waals surface area (Å²) >= 11 is 0. The van der Waals surface area contributed by atoms with Gasteiger partial charge in [-0.25, -0.2) is 4.79 Å². The van der Waals surface area contributed by atoms with Crippen LogP contribution in [0.5, 0.6) is 0 Å². The van der Waals surface area contributed by atoms with Crippen molar-refractivity contribution in [3.63, 3.8) is 0 Å². The topological polar surface area (TPSA) is 84.7 Å². The lowest BCUT2D eigenvalue weighted by Gasteiger charge is -2.38. The van der Waals surface area contributed by atoms with E-state index in [9.17, 15) is 9.59 Å². The minimum atomic E-state index is -0.450. The van der Waals surface area contributed by atoms with Crippen molar-refractivity contribution in [3.8, 4) is 0 Å². The average molecular weight is 376 g/mol. The number of nitrogens with zero attached hydrogens (tertiary/aromatic N) is 1. The highest BCUT2D eigenvalue weighted by Crippen LogP contribution is 2.24. The first-order chi connectivity index (χ1) is 12.9. The Labute approximate surface area is 162 Å². The predicted molar refractivity (Wildman–Crippen MR) is 106 cm³/mol. The monoisotopic (exact) mass is 375 g/mol. The third-order valence-electron chi connectivity index (χ3n) is 5.30. The van der Waals surface area contributed by atoms with Crippen LogP contribution in [0.3, 0.4) is 0 Å². The van der Waals surface area contributed by atoms with Crippen LogP contribution in [-0.2, 0) is 16.1 Å². The number of rotatable bonds is 7. The standard InChI is InChI=1S/C21H33N3O3/c1-4-24(20(25)19(22)15(2)3)18-12-10-17(11-13-18)23-21(26)27-14-16-8-6-5-7-9-16/h5-9,15,17-19H,4,10-14,22H2,1-3H3,(H,23,26). The third kappa shape index (κ3) is 6.24. The molecule has 0 bridgehead atoms. The molecule has 1 atom stereocenters. The lowest BCUT2D eigenvalue weighted by atomic mass is 9.89. The lowest BCUT2D eigenvalue weighted by Crippen LogP contribution is -2.52. The van der Waals surface area contributed by atoms with E-state index in [1.54, 1.807) is 0 Å². The van der Waals surface area contributed by atoms with Crippen molar-refractivity contribution in [1.29, 1.82) is 0 Å². The summed E-state index contributed by atoms with van der Waals surface area (Å²) in [6.07, 6.45) is 3.03. The summed E-state index contributed by atoms with van der Waals surface area (Å²) in [5.41, 5.74) is 7.02. The zero-order valence-electron chi connectivity index (χ0n) is 16.7. The Morgan fingerprint density at radius 3 is 2.37 bits per heavy atom. The van der Waals surface area contributed by atoms with Gasteiger partial charge in [-0.2, -0.15) is 0 Å². The fraction of sp³-hybridized carbons (Fsp3) is 0.619. The van der Waals surface area contributed by atoms with Crippen LogP contribution in [0.4, 0.5) is 4.79 Å². The molecule has 1 aliphatic carbocycles. The molecule has 0 aliphatic heterocycles. The van der Waals surface area contributed by atoms with Gasteiger partial charge in [-0.05, 0) is 44.1 Å². The molecule has 6 nitrogen and oxygen atoms in total. The van der Waals surface area contributed by atoms with Gasteiger partial charge in [-0.1, -0.05) is 44.2 Å². The minimum absolute atomic E-state index is 0.0335. The van der Waals surface area contributed by atoms with E-state index in [4.69, 9.17) is 10.5 Å². The molecule has 1 saturated carbocycles. The fourth-order valence-corrected chi connectivity index (χ4v) is 3.53. The number of alkyl carbamates (subject to hydrolysis) is 1. The molecule has 6 heteroatoms. The molecule has 27 heavy (non-hydrogen) atoms. The number of carbonyl (C=O) groups excluding carboxylic acids is 2.